The quantitative estimate of drug-likeness (QED) is 0.159. The molecule has 3 nitrogen and oxygen atoms in total. The van der Waals surface area contributed by atoms with Crippen molar-refractivity contribution in [2.75, 3.05) is 4.90 Å². The summed E-state index contributed by atoms with van der Waals surface area (Å²) < 4.78 is 14.1. The van der Waals surface area contributed by atoms with Crippen molar-refractivity contribution in [2.45, 2.75) is 68.6 Å². The lowest BCUT2D eigenvalue weighted by molar-refractivity contribution is 0.600. The molecule has 98 heavy (non-hydrogen) atoms. The van der Waals surface area contributed by atoms with Crippen molar-refractivity contribution in [3.63, 3.8) is 0 Å². The van der Waals surface area contributed by atoms with Gasteiger partial charge in [0.25, 0.3) is 0 Å². The van der Waals surface area contributed by atoms with Crippen LogP contribution in [0.2, 0.25) is 0 Å². The van der Waals surface area contributed by atoms with Crippen LogP contribution in [-0.2, 0) is 27.1 Å². The zero-order valence-corrected chi connectivity index (χ0v) is 55.6. The summed E-state index contributed by atoms with van der Waals surface area (Å²) in [6.45, 7) is 14.6. The van der Waals surface area contributed by atoms with Crippen molar-refractivity contribution in [3.05, 3.63) is 375 Å². The van der Waals surface area contributed by atoms with Gasteiger partial charge in [-0.3, -0.25) is 0 Å². The molecule has 0 N–H and O–H groups in total. The van der Waals surface area contributed by atoms with E-state index in [1.807, 2.05) is 0 Å². The second-order valence-electron chi connectivity index (χ2n) is 29.6. The molecule has 0 aliphatic heterocycles. The van der Waals surface area contributed by atoms with Gasteiger partial charge in [-0.05, 0) is 183 Å². The maximum Gasteiger partial charge on any atom is 0.144 e. The maximum absolute atomic E-state index is 7.25. The van der Waals surface area contributed by atoms with Crippen molar-refractivity contribution in [2.24, 2.45) is 0 Å². The van der Waals surface area contributed by atoms with Crippen LogP contribution in [-0.4, -0.2) is 0 Å². The van der Waals surface area contributed by atoms with Crippen molar-refractivity contribution >= 4 is 60.9 Å². The number of hydrogen-bond acceptors (Lipinski definition) is 3. The van der Waals surface area contributed by atoms with Crippen LogP contribution in [0, 0.1) is 0 Å². The summed E-state index contributed by atoms with van der Waals surface area (Å²) in [4.78, 5) is 2.62. The summed E-state index contributed by atoms with van der Waals surface area (Å²) in [5, 5.41) is 4.64. The molecule has 14 aromatic carbocycles. The molecule has 0 fully saturated rings. The lowest BCUT2D eigenvalue weighted by Crippen LogP contribution is -2.30. The SMILES string of the molecule is CC1(C)c2ccccc2-c2c(N(c3ccc4c(c3)C(C)(C)c3c5c(c6c(oc7ccccc76)c3-4)-c3ccccc3C5(C)C)c3ccc4c(c3)C(c3ccccc3)(c3ccccc3)c3cc5c(cc3-4)C(c3ccccc3)(c3ccccc3)c3ccc4oc6ccccc6c4c3-5)cccc21. The van der Waals surface area contributed by atoms with Gasteiger partial charge in [-0.1, -0.05) is 278 Å². The molecular formula is C95H67NO2. The molecule has 0 amide bonds. The normalized spacial score (nSPS) is 15.9. The van der Waals surface area contributed by atoms with E-state index in [0.717, 1.165) is 55.6 Å². The molecule has 0 atom stereocenters. The lowest BCUT2D eigenvalue weighted by atomic mass is 9.66. The van der Waals surface area contributed by atoms with Gasteiger partial charge in [-0.25, -0.2) is 0 Å². The first-order valence-electron chi connectivity index (χ1n) is 34.7. The summed E-state index contributed by atoms with van der Waals surface area (Å²) in [6, 6.07) is 113. The van der Waals surface area contributed by atoms with Crippen LogP contribution in [0.5, 0.6) is 0 Å². The van der Waals surface area contributed by atoms with Gasteiger partial charge in [-0.2, -0.15) is 0 Å². The van der Waals surface area contributed by atoms with Gasteiger partial charge >= 0.3 is 0 Å². The topological polar surface area (TPSA) is 29.5 Å². The van der Waals surface area contributed by atoms with Crippen LogP contribution in [0.25, 0.3) is 99.5 Å². The predicted molar refractivity (Wildman–Crippen MR) is 403 cm³/mol. The van der Waals surface area contributed by atoms with E-state index in [0.29, 0.717) is 0 Å². The highest BCUT2D eigenvalue weighted by molar-refractivity contribution is 6.21. The van der Waals surface area contributed by atoms with E-state index in [4.69, 9.17) is 8.83 Å². The standard InChI is InChI=1S/C95H67NO2/c1-91(2)70-40-23-19-36-63(70)82-72(91)42-27-43-78(82)96(60-47-49-65-74(52-60)93(5,6)89-87(65)90-86(67-39-22-26-45-80(67)98-90)85-64-37-20-24-41-71(64)92(3,4)88(85)89)61-46-48-62-68-54-77-69(55-76(68)95(75(62)53-61,58-32-15-9-16-33-58)59-34-17-10-18-35-59)83-73(50-51-81-84(83)66-38-21-25-44-79(66)97-81)94(77,56-28-11-7-12-29-56)57-30-13-8-14-31-57/h7-55H,1-6H3. The molecular weight excluding hydrogens is 1190 g/mol. The molecule has 0 radical (unpaired) electrons. The number of benzene rings is 14. The van der Waals surface area contributed by atoms with E-state index in [1.165, 1.54) is 139 Å². The van der Waals surface area contributed by atoms with Gasteiger partial charge in [0.1, 0.15) is 22.3 Å². The molecule has 2 heterocycles. The summed E-state index contributed by atoms with van der Waals surface area (Å²) in [7, 11) is 0. The maximum atomic E-state index is 7.25. The van der Waals surface area contributed by atoms with E-state index in [-0.39, 0.29) is 10.8 Å². The van der Waals surface area contributed by atoms with Gasteiger partial charge in [0, 0.05) is 60.3 Å². The van der Waals surface area contributed by atoms with Crippen LogP contribution in [0.4, 0.5) is 17.1 Å². The van der Waals surface area contributed by atoms with Crippen LogP contribution < -0.4 is 4.90 Å². The smallest absolute Gasteiger partial charge is 0.144 e. The van der Waals surface area contributed by atoms with Crippen molar-refractivity contribution in [1.29, 1.82) is 0 Å². The molecule has 16 aromatic rings. The molecule has 0 bridgehead atoms. The average molecular weight is 1250 g/mol. The molecule has 2 aromatic heterocycles. The van der Waals surface area contributed by atoms with E-state index in [1.54, 1.807) is 0 Å². The Hall–Kier alpha value is -11.5. The monoisotopic (exact) mass is 1250 g/mol. The highest BCUT2D eigenvalue weighted by Crippen LogP contribution is 2.67. The molecule has 0 unspecified atom stereocenters. The molecule has 5 aliphatic rings. The number of fused-ring (bicyclic) bond motifs is 25. The molecule has 5 aliphatic carbocycles. The predicted octanol–water partition coefficient (Wildman–Crippen LogP) is 24.6. The Morgan fingerprint density at radius 3 is 1.34 bits per heavy atom. The summed E-state index contributed by atoms with van der Waals surface area (Å²) in [5.74, 6) is 0. The molecule has 464 valence electrons. The summed E-state index contributed by atoms with van der Waals surface area (Å²) in [6.07, 6.45) is 0. The zero-order valence-electron chi connectivity index (χ0n) is 55.6. The fraction of sp³-hybridized carbons (Fsp3) is 0.116. The fourth-order valence-electron chi connectivity index (χ4n) is 19.9. The first-order chi connectivity index (χ1) is 47.9. The number of nitrogens with zero attached hydrogens (tertiary/aromatic N) is 1. The summed E-state index contributed by atoms with van der Waals surface area (Å²) >= 11 is 0. The number of hydrogen-bond donors (Lipinski definition) is 0. The van der Waals surface area contributed by atoms with Gasteiger partial charge in [0.05, 0.1) is 16.5 Å². The lowest BCUT2D eigenvalue weighted by Gasteiger charge is -2.36. The van der Waals surface area contributed by atoms with Crippen molar-refractivity contribution < 1.29 is 8.83 Å². The van der Waals surface area contributed by atoms with E-state index < -0.39 is 16.2 Å². The van der Waals surface area contributed by atoms with Crippen molar-refractivity contribution in [3.8, 4) is 55.6 Å². The Morgan fingerprint density at radius 1 is 0.255 bits per heavy atom. The second-order valence-corrected chi connectivity index (χ2v) is 29.6. The minimum atomic E-state index is -0.793. The van der Waals surface area contributed by atoms with E-state index in [9.17, 15) is 0 Å². The van der Waals surface area contributed by atoms with Crippen LogP contribution in [0.15, 0.2) is 306 Å². The van der Waals surface area contributed by atoms with Crippen molar-refractivity contribution in [1.82, 2.24) is 0 Å². The third-order valence-corrected chi connectivity index (χ3v) is 23.9. The third-order valence-electron chi connectivity index (χ3n) is 23.9. The molecule has 21 rings (SSSR count). The molecule has 0 saturated carbocycles. The molecule has 0 saturated heterocycles. The minimum Gasteiger partial charge on any atom is -0.456 e. The van der Waals surface area contributed by atoms with E-state index in [2.05, 4.69) is 344 Å². The Labute approximate surface area is 570 Å². The first-order valence-corrected chi connectivity index (χ1v) is 34.7. The Bertz CT molecular complexity index is 6060. The largest absolute Gasteiger partial charge is 0.456 e. The minimum absolute atomic E-state index is 0.241. The fourth-order valence-corrected chi connectivity index (χ4v) is 19.9. The highest BCUT2D eigenvalue weighted by atomic mass is 16.3. The average Bonchev–Trinajstić information content (AvgIpc) is 1.51. The first kappa shape index (κ1) is 55.7. The number of para-hydroxylation sites is 2. The summed E-state index contributed by atoms with van der Waals surface area (Å²) in [5.41, 5.74) is 35.0. The van der Waals surface area contributed by atoms with Gasteiger partial charge in [-0.15, -0.1) is 0 Å². The number of anilines is 3. The third kappa shape index (κ3) is 6.84. The van der Waals surface area contributed by atoms with Crippen LogP contribution in [0.3, 0.4) is 0 Å². The Morgan fingerprint density at radius 2 is 0.704 bits per heavy atom. The number of furan rings is 2. The molecule has 3 heteroatoms. The Kier molecular flexibility index (Phi) is 11.0. The Balaban J connectivity index is 0.860. The van der Waals surface area contributed by atoms with Crippen LogP contribution >= 0.6 is 0 Å². The van der Waals surface area contributed by atoms with Gasteiger partial charge < -0.3 is 13.7 Å². The van der Waals surface area contributed by atoms with Gasteiger partial charge in [0.15, 0.2) is 0 Å². The highest BCUT2D eigenvalue weighted by Gasteiger charge is 2.54. The second kappa shape index (κ2) is 19.4. The zero-order chi connectivity index (χ0) is 65.3. The molecule has 0 spiro atoms. The number of rotatable bonds is 7. The van der Waals surface area contributed by atoms with Crippen LogP contribution in [0.1, 0.15) is 119 Å². The van der Waals surface area contributed by atoms with E-state index >= 15 is 0 Å². The van der Waals surface area contributed by atoms with Gasteiger partial charge in [0.2, 0.25) is 0 Å².